The molecule has 250 valence electrons. The molecule has 0 aliphatic carbocycles. The monoisotopic (exact) mass is 656 g/mol. The second-order valence-electron chi connectivity index (χ2n) is 11.9. The summed E-state index contributed by atoms with van der Waals surface area (Å²) < 4.78 is 159. The minimum absolute atomic E-state index is 0.0796. The van der Waals surface area contributed by atoms with Gasteiger partial charge in [-0.3, -0.25) is 0 Å². The van der Waals surface area contributed by atoms with E-state index in [4.69, 9.17) is 0 Å². The Labute approximate surface area is 245 Å². The van der Waals surface area contributed by atoms with Crippen molar-refractivity contribution >= 4 is 11.4 Å². The first-order chi connectivity index (χ1) is 19.6. The Morgan fingerprint density at radius 3 is 0.977 bits per heavy atom. The standard InChI is InChI=1S/C28H32F12N2O2/c1-21(2,15-23(43,25(29,30)31)26(32,33)34)41-19-11-7-5-9-17(19)13-14-18-10-6-8-12-20(18)42-22(3,4)16-24(44,27(35,36)37)28(38,39)40/h5-12,41-44H,13-16H2,1-4H3. The van der Waals surface area contributed by atoms with Crippen molar-refractivity contribution in [3.05, 3.63) is 59.7 Å². The highest BCUT2D eigenvalue weighted by Gasteiger charge is 2.72. The number of nitrogens with one attached hydrogen (secondary N) is 2. The normalized spacial score (nSPS) is 14.5. The minimum Gasteiger partial charge on any atom is -0.380 e. The molecule has 4 nitrogen and oxygen atoms in total. The predicted molar refractivity (Wildman–Crippen MR) is 139 cm³/mol. The third kappa shape index (κ3) is 8.43. The Morgan fingerprint density at radius 1 is 0.477 bits per heavy atom. The zero-order chi connectivity index (χ0) is 34.2. The quantitative estimate of drug-likeness (QED) is 0.184. The summed E-state index contributed by atoms with van der Waals surface area (Å²) in [7, 11) is 0. The van der Waals surface area contributed by atoms with E-state index in [0.29, 0.717) is 11.1 Å². The lowest BCUT2D eigenvalue weighted by Gasteiger charge is -2.39. The van der Waals surface area contributed by atoms with Gasteiger partial charge in [-0.1, -0.05) is 36.4 Å². The van der Waals surface area contributed by atoms with Crippen molar-refractivity contribution in [1.82, 2.24) is 0 Å². The minimum atomic E-state index is -6.02. The fourth-order valence-corrected chi connectivity index (χ4v) is 4.81. The van der Waals surface area contributed by atoms with Crippen LogP contribution in [0, 0.1) is 0 Å². The molecule has 0 atom stereocenters. The first-order valence-corrected chi connectivity index (χ1v) is 13.0. The molecule has 16 heteroatoms. The summed E-state index contributed by atoms with van der Waals surface area (Å²) in [5.41, 5.74) is -12.8. The van der Waals surface area contributed by atoms with Gasteiger partial charge in [-0.05, 0) is 63.8 Å². The number of rotatable bonds is 11. The van der Waals surface area contributed by atoms with Crippen LogP contribution in [0.1, 0.15) is 51.7 Å². The van der Waals surface area contributed by atoms with Gasteiger partial charge in [0, 0.05) is 35.3 Å². The second kappa shape index (κ2) is 12.1. The molecule has 2 aromatic carbocycles. The van der Waals surface area contributed by atoms with E-state index in [1.165, 1.54) is 48.5 Å². The number of para-hydroxylation sites is 2. The van der Waals surface area contributed by atoms with E-state index in [0.717, 1.165) is 27.7 Å². The van der Waals surface area contributed by atoms with Gasteiger partial charge in [0.2, 0.25) is 0 Å². The van der Waals surface area contributed by atoms with E-state index >= 15 is 0 Å². The molecule has 0 aromatic heterocycles. The van der Waals surface area contributed by atoms with Crippen LogP contribution in [0.3, 0.4) is 0 Å². The van der Waals surface area contributed by atoms with Crippen LogP contribution in [-0.2, 0) is 12.8 Å². The van der Waals surface area contributed by atoms with Gasteiger partial charge in [0.1, 0.15) is 0 Å². The van der Waals surface area contributed by atoms with Crippen LogP contribution in [0.15, 0.2) is 48.5 Å². The Morgan fingerprint density at radius 2 is 0.727 bits per heavy atom. The average molecular weight is 657 g/mol. The number of aliphatic hydroxyl groups is 2. The van der Waals surface area contributed by atoms with Crippen LogP contribution >= 0.6 is 0 Å². The Kier molecular flexibility index (Phi) is 10.3. The number of benzene rings is 2. The first kappa shape index (κ1) is 37.3. The molecular formula is C28H32F12N2O2. The van der Waals surface area contributed by atoms with E-state index < -0.39 is 59.8 Å². The summed E-state index contributed by atoms with van der Waals surface area (Å²) >= 11 is 0. The molecule has 0 fully saturated rings. The van der Waals surface area contributed by atoms with Crippen LogP contribution in [-0.4, -0.2) is 57.2 Å². The van der Waals surface area contributed by atoms with Crippen LogP contribution in [0.4, 0.5) is 64.1 Å². The van der Waals surface area contributed by atoms with Gasteiger partial charge in [-0.15, -0.1) is 0 Å². The molecule has 0 amide bonds. The van der Waals surface area contributed by atoms with Crippen molar-refractivity contribution in [3.8, 4) is 0 Å². The first-order valence-electron chi connectivity index (χ1n) is 13.0. The van der Waals surface area contributed by atoms with Gasteiger partial charge in [0.05, 0.1) is 0 Å². The van der Waals surface area contributed by atoms with Gasteiger partial charge in [-0.2, -0.15) is 52.7 Å². The molecule has 0 aliphatic heterocycles. The van der Waals surface area contributed by atoms with Crippen LogP contribution < -0.4 is 10.6 Å². The summed E-state index contributed by atoms with van der Waals surface area (Å²) in [6.45, 7) is 4.15. The molecule has 0 saturated carbocycles. The smallest absolute Gasteiger partial charge is 0.380 e. The molecule has 0 saturated heterocycles. The SMILES string of the molecule is CC(C)(CC(O)(C(F)(F)F)C(F)(F)F)Nc1ccccc1CCc1ccccc1NC(C)(C)CC(O)(C(F)(F)F)C(F)(F)F. The van der Waals surface area contributed by atoms with E-state index in [1.54, 1.807) is 0 Å². The fraction of sp³-hybridized carbons (Fsp3) is 0.571. The largest absolute Gasteiger partial charge is 0.426 e. The maximum absolute atomic E-state index is 13.3. The highest BCUT2D eigenvalue weighted by atomic mass is 19.4. The number of alkyl halides is 12. The van der Waals surface area contributed by atoms with Crippen molar-refractivity contribution in [1.29, 1.82) is 0 Å². The Hall–Kier alpha value is -2.88. The van der Waals surface area contributed by atoms with Crippen LogP contribution in [0.2, 0.25) is 0 Å². The second-order valence-corrected chi connectivity index (χ2v) is 11.9. The maximum Gasteiger partial charge on any atom is 0.426 e. The van der Waals surface area contributed by atoms with Gasteiger partial charge in [0.15, 0.2) is 0 Å². The predicted octanol–water partition coefficient (Wildman–Crippen LogP) is 8.34. The lowest BCUT2D eigenvalue weighted by atomic mass is 9.85. The van der Waals surface area contributed by atoms with E-state index in [9.17, 15) is 62.9 Å². The number of anilines is 2. The summed E-state index contributed by atoms with van der Waals surface area (Å²) in [5, 5.41) is 24.6. The highest BCUT2D eigenvalue weighted by molar-refractivity contribution is 5.56. The maximum atomic E-state index is 13.3. The lowest BCUT2D eigenvalue weighted by molar-refractivity contribution is -0.372. The van der Waals surface area contributed by atoms with Gasteiger partial charge < -0.3 is 20.8 Å². The third-order valence-corrected chi connectivity index (χ3v) is 6.92. The molecular weight excluding hydrogens is 624 g/mol. The van der Waals surface area contributed by atoms with Crippen molar-refractivity contribution in [2.24, 2.45) is 0 Å². The number of hydrogen-bond donors (Lipinski definition) is 4. The van der Waals surface area contributed by atoms with Gasteiger partial charge >= 0.3 is 24.7 Å². The molecule has 44 heavy (non-hydrogen) atoms. The Bertz CT molecular complexity index is 1140. The highest BCUT2D eigenvalue weighted by Crippen LogP contribution is 2.49. The van der Waals surface area contributed by atoms with E-state index in [2.05, 4.69) is 10.6 Å². The molecule has 0 unspecified atom stereocenters. The topological polar surface area (TPSA) is 64.5 Å². The number of halogens is 12. The van der Waals surface area contributed by atoms with Gasteiger partial charge in [0.25, 0.3) is 11.2 Å². The molecule has 0 bridgehead atoms. The molecule has 0 heterocycles. The van der Waals surface area contributed by atoms with E-state index in [1.807, 2.05) is 0 Å². The summed E-state index contributed by atoms with van der Waals surface area (Å²) in [4.78, 5) is 0. The molecule has 0 radical (unpaired) electrons. The van der Waals surface area contributed by atoms with Gasteiger partial charge in [-0.25, -0.2) is 0 Å². The molecule has 0 spiro atoms. The zero-order valence-electron chi connectivity index (χ0n) is 23.9. The Balaban J connectivity index is 2.30. The molecule has 0 aliphatic rings. The molecule has 4 N–H and O–H groups in total. The lowest BCUT2D eigenvalue weighted by Crippen LogP contribution is -2.60. The number of hydrogen-bond acceptors (Lipinski definition) is 4. The van der Waals surface area contributed by atoms with Crippen LogP contribution in [0.5, 0.6) is 0 Å². The molecule has 2 rings (SSSR count). The fourth-order valence-electron chi connectivity index (χ4n) is 4.81. The van der Waals surface area contributed by atoms with Crippen molar-refractivity contribution in [2.45, 2.75) is 100 Å². The van der Waals surface area contributed by atoms with Crippen LogP contribution in [0.25, 0.3) is 0 Å². The van der Waals surface area contributed by atoms with Crippen molar-refractivity contribution in [3.63, 3.8) is 0 Å². The van der Waals surface area contributed by atoms with Crippen molar-refractivity contribution < 1.29 is 62.9 Å². The summed E-state index contributed by atoms with van der Waals surface area (Å²) in [6.07, 6.45) is -27.5. The molecule has 2 aromatic rings. The summed E-state index contributed by atoms with van der Waals surface area (Å²) in [6, 6.07) is 11.8. The number of aryl methyl sites for hydroxylation is 2. The van der Waals surface area contributed by atoms with E-state index in [-0.39, 0.29) is 24.2 Å². The zero-order valence-corrected chi connectivity index (χ0v) is 23.9. The van der Waals surface area contributed by atoms with Crippen molar-refractivity contribution in [2.75, 3.05) is 10.6 Å². The average Bonchev–Trinajstić information content (AvgIpc) is 2.80. The summed E-state index contributed by atoms with van der Waals surface area (Å²) in [5.74, 6) is 0. The third-order valence-electron chi connectivity index (χ3n) is 6.92.